The number of para-hydroxylation sites is 1. The van der Waals surface area contributed by atoms with Crippen LogP contribution in [0, 0.1) is 0 Å². The second kappa shape index (κ2) is 7.72. The van der Waals surface area contributed by atoms with Gasteiger partial charge in [-0.25, -0.2) is 0 Å². The fourth-order valence-electron chi connectivity index (χ4n) is 2.49. The van der Waals surface area contributed by atoms with Gasteiger partial charge in [0, 0.05) is 30.1 Å². The molecule has 0 radical (unpaired) electrons. The van der Waals surface area contributed by atoms with Gasteiger partial charge in [-0.2, -0.15) is 0 Å². The lowest BCUT2D eigenvalue weighted by Gasteiger charge is -2.18. The number of fused-ring (bicyclic) bond motifs is 1. The van der Waals surface area contributed by atoms with Crippen LogP contribution in [0.2, 0.25) is 0 Å². The van der Waals surface area contributed by atoms with Crippen molar-refractivity contribution in [3.05, 3.63) is 36.0 Å². The number of amides is 1. The highest BCUT2D eigenvalue weighted by Gasteiger charge is 2.20. The van der Waals surface area contributed by atoms with Crippen molar-refractivity contribution in [2.75, 3.05) is 13.7 Å². The fourth-order valence-corrected chi connectivity index (χ4v) is 2.49. The van der Waals surface area contributed by atoms with Crippen LogP contribution in [0.5, 0.6) is 0 Å². The maximum atomic E-state index is 12.1. The lowest BCUT2D eigenvalue weighted by molar-refractivity contribution is -0.126. The van der Waals surface area contributed by atoms with Crippen LogP contribution in [-0.4, -0.2) is 48.0 Å². The molecule has 22 heavy (non-hydrogen) atoms. The van der Waals surface area contributed by atoms with Crippen molar-refractivity contribution in [1.29, 1.82) is 0 Å². The van der Waals surface area contributed by atoms with E-state index >= 15 is 0 Å². The quantitative estimate of drug-likeness (QED) is 0.530. The number of hydrogen-bond acceptors (Lipinski definition) is 4. The molecule has 0 spiro atoms. The number of nitrogens with one attached hydrogen (secondary N) is 3. The molecule has 0 aliphatic heterocycles. The molecule has 6 heteroatoms. The van der Waals surface area contributed by atoms with Crippen molar-refractivity contribution >= 4 is 23.1 Å². The average molecular weight is 303 g/mol. The first-order valence-corrected chi connectivity index (χ1v) is 7.28. The Labute approximate surface area is 128 Å². The summed E-state index contributed by atoms with van der Waals surface area (Å²) < 4.78 is 0. The maximum Gasteiger partial charge on any atom is 0.237 e. The first kappa shape index (κ1) is 16.2. The fraction of sp³-hybridized carbons (Fsp3) is 0.375. The first-order valence-electron chi connectivity index (χ1n) is 7.28. The summed E-state index contributed by atoms with van der Waals surface area (Å²) in [6.45, 7) is -0.0901. The third-order valence-electron chi connectivity index (χ3n) is 3.69. The normalized spacial score (nSPS) is 13.7. The van der Waals surface area contributed by atoms with Crippen LogP contribution < -0.4 is 10.6 Å². The molecule has 0 aliphatic carbocycles. The monoisotopic (exact) mass is 303 g/mol. The molecule has 4 N–H and O–H groups in total. The van der Waals surface area contributed by atoms with E-state index in [1.165, 1.54) is 0 Å². The number of rotatable bonds is 8. The molecule has 118 valence electrons. The van der Waals surface area contributed by atoms with E-state index in [2.05, 4.69) is 15.6 Å². The molecule has 1 amide bonds. The molecule has 2 aromatic rings. The van der Waals surface area contributed by atoms with Crippen molar-refractivity contribution in [3.63, 3.8) is 0 Å². The second-order valence-electron chi connectivity index (χ2n) is 5.17. The summed E-state index contributed by atoms with van der Waals surface area (Å²) in [6.07, 6.45) is 3.33. The van der Waals surface area contributed by atoms with Gasteiger partial charge in [-0.1, -0.05) is 18.2 Å². The predicted molar refractivity (Wildman–Crippen MR) is 84.5 cm³/mol. The highest BCUT2D eigenvalue weighted by molar-refractivity contribution is 5.86. The smallest absolute Gasteiger partial charge is 0.237 e. The SMILES string of the molecule is CNC(CCO)C(=O)NC(C=O)Cc1c[nH]c2ccccc12. The van der Waals surface area contributed by atoms with E-state index in [4.69, 9.17) is 5.11 Å². The van der Waals surface area contributed by atoms with E-state index < -0.39 is 12.1 Å². The summed E-state index contributed by atoms with van der Waals surface area (Å²) in [7, 11) is 1.65. The molecule has 0 aliphatic rings. The largest absolute Gasteiger partial charge is 0.396 e. The van der Waals surface area contributed by atoms with Gasteiger partial charge in [0.1, 0.15) is 6.29 Å². The molecule has 6 nitrogen and oxygen atoms in total. The van der Waals surface area contributed by atoms with Gasteiger partial charge in [-0.15, -0.1) is 0 Å². The van der Waals surface area contributed by atoms with E-state index in [0.29, 0.717) is 12.8 Å². The third-order valence-corrected chi connectivity index (χ3v) is 3.69. The minimum Gasteiger partial charge on any atom is -0.396 e. The van der Waals surface area contributed by atoms with Crippen molar-refractivity contribution < 1.29 is 14.7 Å². The number of likely N-dealkylation sites (N-methyl/N-ethyl adjacent to an activating group) is 1. The lowest BCUT2D eigenvalue weighted by Crippen LogP contribution is -2.48. The molecular formula is C16H21N3O3. The Hall–Kier alpha value is -2.18. The number of aromatic nitrogens is 1. The van der Waals surface area contributed by atoms with Gasteiger partial charge >= 0.3 is 0 Å². The predicted octanol–water partition coefficient (Wildman–Crippen LogP) is 0.365. The Morgan fingerprint density at radius 2 is 2.18 bits per heavy atom. The van der Waals surface area contributed by atoms with Crippen LogP contribution in [0.1, 0.15) is 12.0 Å². The summed E-state index contributed by atoms with van der Waals surface area (Å²) in [5.41, 5.74) is 1.98. The molecule has 2 rings (SSSR count). The van der Waals surface area contributed by atoms with E-state index in [1.54, 1.807) is 7.05 Å². The molecule has 0 saturated heterocycles. The van der Waals surface area contributed by atoms with Crippen LogP contribution in [-0.2, 0) is 16.0 Å². The van der Waals surface area contributed by atoms with Gasteiger partial charge in [0.15, 0.2) is 0 Å². The zero-order valence-electron chi connectivity index (χ0n) is 12.5. The van der Waals surface area contributed by atoms with Crippen LogP contribution in [0.4, 0.5) is 0 Å². The lowest BCUT2D eigenvalue weighted by atomic mass is 10.1. The van der Waals surface area contributed by atoms with Crippen LogP contribution in [0.3, 0.4) is 0 Å². The number of carbonyl (C=O) groups is 2. The highest BCUT2D eigenvalue weighted by Crippen LogP contribution is 2.18. The number of carbonyl (C=O) groups excluding carboxylic acids is 2. The molecular weight excluding hydrogens is 282 g/mol. The number of hydrogen-bond donors (Lipinski definition) is 4. The zero-order chi connectivity index (χ0) is 15.9. The standard InChI is InChI=1S/C16H21N3O3/c1-17-15(6-7-20)16(22)19-12(10-21)8-11-9-18-14-5-3-2-4-13(11)14/h2-5,9-10,12,15,17-18,20H,6-8H2,1H3,(H,19,22). The van der Waals surface area contributed by atoms with E-state index in [-0.39, 0.29) is 12.5 Å². The zero-order valence-corrected chi connectivity index (χ0v) is 12.5. The molecule has 0 bridgehead atoms. The number of aldehydes is 1. The number of aliphatic hydroxyl groups is 1. The Kier molecular flexibility index (Phi) is 5.68. The maximum absolute atomic E-state index is 12.1. The topological polar surface area (TPSA) is 94.2 Å². The van der Waals surface area contributed by atoms with Crippen molar-refractivity contribution in [1.82, 2.24) is 15.6 Å². The Morgan fingerprint density at radius 1 is 1.41 bits per heavy atom. The molecule has 0 saturated carbocycles. The molecule has 0 fully saturated rings. The summed E-state index contributed by atoms with van der Waals surface area (Å²) in [6, 6.07) is 6.72. The Bertz CT molecular complexity index is 638. The van der Waals surface area contributed by atoms with Gasteiger partial charge in [-0.05, 0) is 25.1 Å². The molecule has 2 atom stereocenters. The number of aliphatic hydroxyl groups excluding tert-OH is 1. The van der Waals surface area contributed by atoms with Crippen molar-refractivity contribution in [3.8, 4) is 0 Å². The number of aromatic amines is 1. The van der Waals surface area contributed by atoms with Gasteiger partial charge in [0.05, 0.1) is 12.1 Å². The summed E-state index contributed by atoms with van der Waals surface area (Å²) >= 11 is 0. The Balaban J connectivity index is 2.06. The molecule has 1 aromatic heterocycles. The minimum absolute atomic E-state index is 0.0901. The number of benzene rings is 1. The van der Waals surface area contributed by atoms with Gasteiger partial charge in [0.25, 0.3) is 0 Å². The third kappa shape index (κ3) is 3.72. The highest BCUT2D eigenvalue weighted by atomic mass is 16.3. The molecule has 1 heterocycles. The van der Waals surface area contributed by atoms with Crippen molar-refractivity contribution in [2.24, 2.45) is 0 Å². The number of H-pyrrole nitrogens is 1. The van der Waals surface area contributed by atoms with E-state index in [0.717, 1.165) is 22.8 Å². The van der Waals surface area contributed by atoms with E-state index in [1.807, 2.05) is 30.5 Å². The molecule has 2 unspecified atom stereocenters. The van der Waals surface area contributed by atoms with Crippen LogP contribution >= 0.6 is 0 Å². The summed E-state index contributed by atoms with van der Waals surface area (Å²) in [4.78, 5) is 26.5. The van der Waals surface area contributed by atoms with Gasteiger partial charge < -0.3 is 25.5 Å². The summed E-state index contributed by atoms with van der Waals surface area (Å²) in [5, 5.41) is 15.5. The van der Waals surface area contributed by atoms with Crippen LogP contribution in [0.15, 0.2) is 30.5 Å². The Morgan fingerprint density at radius 3 is 2.86 bits per heavy atom. The minimum atomic E-state index is -0.596. The van der Waals surface area contributed by atoms with Gasteiger partial charge in [-0.3, -0.25) is 4.79 Å². The first-order chi connectivity index (χ1) is 10.7. The summed E-state index contributed by atoms with van der Waals surface area (Å²) in [5.74, 6) is -0.284. The molecule has 1 aromatic carbocycles. The van der Waals surface area contributed by atoms with Gasteiger partial charge in [0.2, 0.25) is 5.91 Å². The van der Waals surface area contributed by atoms with Crippen molar-refractivity contribution in [2.45, 2.75) is 24.9 Å². The van der Waals surface area contributed by atoms with E-state index in [9.17, 15) is 9.59 Å². The average Bonchev–Trinajstić information content (AvgIpc) is 2.95. The second-order valence-corrected chi connectivity index (χ2v) is 5.17. The van der Waals surface area contributed by atoms with Crippen LogP contribution in [0.25, 0.3) is 10.9 Å².